The number of imidazole rings is 1. The molecule has 0 fully saturated rings. The smallest absolute Gasteiger partial charge is 0.222 e. The molecule has 0 aliphatic heterocycles. The zero-order chi connectivity index (χ0) is 13.7. The van der Waals surface area contributed by atoms with Crippen molar-refractivity contribution in [3.63, 3.8) is 0 Å². The summed E-state index contributed by atoms with van der Waals surface area (Å²) in [6, 6.07) is 9.53. The van der Waals surface area contributed by atoms with Gasteiger partial charge in [-0.3, -0.25) is 4.79 Å². The van der Waals surface area contributed by atoms with Crippen LogP contribution in [-0.2, 0) is 11.8 Å². The molecule has 1 amide bonds. The minimum atomic E-state index is -0.250. The molecule has 2 aromatic rings. The van der Waals surface area contributed by atoms with E-state index in [4.69, 9.17) is 5.73 Å². The minimum Gasteiger partial charge on any atom is -0.342 e. The number of carbonyl (C=O) groups is 1. The van der Waals surface area contributed by atoms with E-state index in [9.17, 15) is 4.79 Å². The molecule has 1 heterocycles. The van der Waals surface area contributed by atoms with Crippen LogP contribution in [-0.4, -0.2) is 22.0 Å². The highest BCUT2D eigenvalue weighted by Gasteiger charge is 2.19. The summed E-state index contributed by atoms with van der Waals surface area (Å²) in [5.41, 5.74) is 6.41. The monoisotopic (exact) mass is 258 g/mol. The number of benzene rings is 1. The Balaban J connectivity index is 2.29. The summed E-state index contributed by atoms with van der Waals surface area (Å²) in [4.78, 5) is 16.1. The second-order valence-corrected chi connectivity index (χ2v) is 4.35. The summed E-state index contributed by atoms with van der Waals surface area (Å²) in [7, 11) is 1.91. The van der Waals surface area contributed by atoms with Gasteiger partial charge in [0, 0.05) is 32.4 Å². The van der Waals surface area contributed by atoms with Gasteiger partial charge in [-0.15, -0.1) is 0 Å². The van der Waals surface area contributed by atoms with E-state index < -0.39 is 0 Å². The molecule has 0 radical (unpaired) electrons. The van der Waals surface area contributed by atoms with Gasteiger partial charge in [-0.05, 0) is 5.56 Å². The van der Waals surface area contributed by atoms with Crippen LogP contribution in [0.3, 0.4) is 0 Å². The van der Waals surface area contributed by atoms with E-state index in [-0.39, 0.29) is 11.9 Å². The molecule has 3 N–H and O–H groups in total. The largest absolute Gasteiger partial charge is 0.342 e. The first-order chi connectivity index (χ1) is 9.22. The van der Waals surface area contributed by atoms with Crippen LogP contribution in [0.15, 0.2) is 42.7 Å². The number of nitrogens with zero attached hydrogens (tertiary/aromatic N) is 2. The first kappa shape index (κ1) is 13.3. The van der Waals surface area contributed by atoms with Gasteiger partial charge in [0.25, 0.3) is 0 Å². The molecule has 0 spiro atoms. The molecule has 2 rings (SSSR count). The summed E-state index contributed by atoms with van der Waals surface area (Å²) in [5.74, 6) is 0.732. The predicted octanol–water partition coefficient (Wildman–Crippen LogP) is 0.974. The van der Waals surface area contributed by atoms with Crippen LogP contribution >= 0.6 is 0 Å². The Kier molecular flexibility index (Phi) is 4.30. The maximum absolute atomic E-state index is 11.8. The standard InChI is InChI=1S/C14H18N4O/c1-18-10-9-16-14(18)13(17-12(19)7-8-15)11-5-3-2-4-6-11/h2-6,9-10,13H,7-8,15H2,1H3,(H,17,19). The second kappa shape index (κ2) is 6.15. The van der Waals surface area contributed by atoms with Crippen LogP contribution in [0.5, 0.6) is 0 Å². The zero-order valence-corrected chi connectivity index (χ0v) is 10.9. The lowest BCUT2D eigenvalue weighted by atomic mass is 10.1. The molecular formula is C14H18N4O. The SMILES string of the molecule is Cn1ccnc1C(NC(=O)CCN)c1ccccc1. The Morgan fingerprint density at radius 2 is 2.16 bits per heavy atom. The van der Waals surface area contributed by atoms with Crippen molar-refractivity contribution >= 4 is 5.91 Å². The third kappa shape index (κ3) is 3.20. The van der Waals surface area contributed by atoms with Crippen LogP contribution in [0.25, 0.3) is 0 Å². The van der Waals surface area contributed by atoms with Gasteiger partial charge in [0.1, 0.15) is 11.9 Å². The van der Waals surface area contributed by atoms with Crippen molar-refractivity contribution in [3.05, 3.63) is 54.1 Å². The van der Waals surface area contributed by atoms with E-state index in [0.29, 0.717) is 13.0 Å². The Morgan fingerprint density at radius 1 is 1.42 bits per heavy atom. The molecule has 1 unspecified atom stereocenters. The van der Waals surface area contributed by atoms with E-state index in [2.05, 4.69) is 10.3 Å². The van der Waals surface area contributed by atoms with Crippen molar-refractivity contribution in [1.29, 1.82) is 0 Å². The Morgan fingerprint density at radius 3 is 2.74 bits per heavy atom. The molecule has 0 saturated carbocycles. The third-order valence-electron chi connectivity index (χ3n) is 2.93. The molecule has 0 saturated heterocycles. The number of rotatable bonds is 5. The lowest BCUT2D eigenvalue weighted by Gasteiger charge is -2.19. The summed E-state index contributed by atoms with van der Waals surface area (Å²) < 4.78 is 1.90. The molecule has 100 valence electrons. The third-order valence-corrected chi connectivity index (χ3v) is 2.93. The number of aryl methyl sites for hydroxylation is 1. The molecular weight excluding hydrogens is 240 g/mol. The number of nitrogens with two attached hydrogens (primary N) is 1. The Labute approximate surface area is 112 Å². The van der Waals surface area contributed by atoms with Crippen LogP contribution in [0.1, 0.15) is 23.9 Å². The van der Waals surface area contributed by atoms with Crippen LogP contribution in [0.2, 0.25) is 0 Å². The summed E-state index contributed by atoms with van der Waals surface area (Å²) in [6.07, 6.45) is 3.90. The first-order valence-corrected chi connectivity index (χ1v) is 6.24. The molecule has 0 bridgehead atoms. The number of hydrogen-bond acceptors (Lipinski definition) is 3. The van der Waals surface area contributed by atoms with Crippen molar-refractivity contribution in [2.75, 3.05) is 6.54 Å². The lowest BCUT2D eigenvalue weighted by molar-refractivity contribution is -0.121. The fraction of sp³-hybridized carbons (Fsp3) is 0.286. The van der Waals surface area contributed by atoms with Crippen molar-refractivity contribution in [1.82, 2.24) is 14.9 Å². The summed E-state index contributed by atoms with van der Waals surface area (Å²) >= 11 is 0. The quantitative estimate of drug-likeness (QED) is 0.839. The highest BCUT2D eigenvalue weighted by Crippen LogP contribution is 2.20. The molecule has 1 aromatic heterocycles. The molecule has 5 heteroatoms. The molecule has 19 heavy (non-hydrogen) atoms. The fourth-order valence-corrected chi connectivity index (χ4v) is 1.96. The van der Waals surface area contributed by atoms with Crippen molar-refractivity contribution in [2.24, 2.45) is 12.8 Å². The summed E-state index contributed by atoms with van der Waals surface area (Å²) in [5, 5.41) is 2.98. The molecule has 5 nitrogen and oxygen atoms in total. The van der Waals surface area contributed by atoms with Gasteiger partial charge in [-0.2, -0.15) is 0 Å². The van der Waals surface area contributed by atoms with Crippen molar-refractivity contribution in [2.45, 2.75) is 12.5 Å². The van der Waals surface area contributed by atoms with Gasteiger partial charge < -0.3 is 15.6 Å². The fourth-order valence-electron chi connectivity index (χ4n) is 1.96. The van der Waals surface area contributed by atoms with E-state index in [1.807, 2.05) is 48.1 Å². The maximum Gasteiger partial charge on any atom is 0.222 e. The van der Waals surface area contributed by atoms with Crippen LogP contribution < -0.4 is 11.1 Å². The Hall–Kier alpha value is -2.14. The molecule has 0 aliphatic carbocycles. The van der Waals surface area contributed by atoms with E-state index in [0.717, 1.165) is 11.4 Å². The second-order valence-electron chi connectivity index (χ2n) is 4.35. The van der Waals surface area contributed by atoms with Gasteiger partial charge >= 0.3 is 0 Å². The van der Waals surface area contributed by atoms with Gasteiger partial charge in [-0.1, -0.05) is 30.3 Å². The maximum atomic E-state index is 11.8. The minimum absolute atomic E-state index is 0.0700. The average Bonchev–Trinajstić information content (AvgIpc) is 2.83. The van der Waals surface area contributed by atoms with Gasteiger partial charge in [0.15, 0.2) is 0 Å². The summed E-state index contributed by atoms with van der Waals surface area (Å²) in [6.45, 7) is 0.341. The first-order valence-electron chi connectivity index (χ1n) is 6.24. The van der Waals surface area contributed by atoms with Gasteiger partial charge in [-0.25, -0.2) is 4.98 Å². The van der Waals surface area contributed by atoms with Gasteiger partial charge in [0.2, 0.25) is 5.91 Å². The van der Waals surface area contributed by atoms with Crippen LogP contribution in [0.4, 0.5) is 0 Å². The van der Waals surface area contributed by atoms with Crippen molar-refractivity contribution in [3.8, 4) is 0 Å². The van der Waals surface area contributed by atoms with Crippen molar-refractivity contribution < 1.29 is 4.79 Å². The number of nitrogens with one attached hydrogen (secondary N) is 1. The normalized spacial score (nSPS) is 12.1. The topological polar surface area (TPSA) is 72.9 Å². The average molecular weight is 258 g/mol. The Bertz CT molecular complexity index is 535. The number of hydrogen-bond donors (Lipinski definition) is 2. The van der Waals surface area contributed by atoms with E-state index in [1.54, 1.807) is 6.20 Å². The highest BCUT2D eigenvalue weighted by molar-refractivity contribution is 5.77. The number of carbonyl (C=O) groups excluding carboxylic acids is 1. The van der Waals surface area contributed by atoms with Crippen LogP contribution in [0, 0.1) is 0 Å². The zero-order valence-electron chi connectivity index (χ0n) is 10.9. The predicted molar refractivity (Wildman–Crippen MR) is 73.3 cm³/mol. The van der Waals surface area contributed by atoms with Gasteiger partial charge in [0.05, 0.1) is 0 Å². The molecule has 1 aromatic carbocycles. The van der Waals surface area contributed by atoms with E-state index in [1.165, 1.54) is 0 Å². The molecule has 1 atom stereocenters. The number of amides is 1. The molecule has 0 aliphatic rings. The van der Waals surface area contributed by atoms with E-state index >= 15 is 0 Å². The highest BCUT2D eigenvalue weighted by atomic mass is 16.1. The number of aromatic nitrogens is 2. The lowest BCUT2D eigenvalue weighted by Crippen LogP contribution is -2.32.